The molecule has 3 aromatic rings. The molecule has 1 unspecified atom stereocenters. The summed E-state index contributed by atoms with van der Waals surface area (Å²) < 4.78 is 30.8. The summed E-state index contributed by atoms with van der Waals surface area (Å²) in [6.07, 6.45) is 0.262. The minimum atomic E-state index is -0.349. The molecular formula is C26H25FO5. The van der Waals surface area contributed by atoms with Crippen molar-refractivity contribution in [3.05, 3.63) is 76.6 Å². The Morgan fingerprint density at radius 2 is 1.88 bits per heavy atom. The van der Waals surface area contributed by atoms with E-state index in [1.165, 1.54) is 13.2 Å². The Morgan fingerprint density at radius 1 is 1.12 bits per heavy atom. The van der Waals surface area contributed by atoms with Crippen LogP contribution in [0.25, 0.3) is 11.1 Å². The summed E-state index contributed by atoms with van der Waals surface area (Å²) >= 11 is 0. The molecule has 0 radical (unpaired) electrons. The van der Waals surface area contributed by atoms with Crippen molar-refractivity contribution in [1.29, 1.82) is 0 Å². The first-order valence-corrected chi connectivity index (χ1v) is 10.4. The van der Waals surface area contributed by atoms with Gasteiger partial charge in [-0.25, -0.2) is 4.39 Å². The Morgan fingerprint density at radius 3 is 2.59 bits per heavy atom. The molecule has 0 saturated carbocycles. The smallest absolute Gasteiger partial charge is 0.306 e. The number of esters is 1. The number of hydrogen-bond acceptors (Lipinski definition) is 5. The van der Waals surface area contributed by atoms with Crippen molar-refractivity contribution >= 4 is 5.97 Å². The lowest BCUT2D eigenvalue weighted by Crippen LogP contribution is -2.09. The lowest BCUT2D eigenvalue weighted by Gasteiger charge is -2.14. The predicted molar refractivity (Wildman–Crippen MR) is 119 cm³/mol. The van der Waals surface area contributed by atoms with Crippen LogP contribution >= 0.6 is 0 Å². The van der Waals surface area contributed by atoms with Gasteiger partial charge in [-0.3, -0.25) is 4.79 Å². The quantitative estimate of drug-likeness (QED) is 0.522. The molecule has 1 aliphatic rings. The van der Waals surface area contributed by atoms with Gasteiger partial charge in [-0.2, -0.15) is 0 Å². The highest BCUT2D eigenvalue weighted by molar-refractivity contribution is 5.72. The zero-order valence-corrected chi connectivity index (χ0v) is 18.3. The number of phenols is 1. The number of rotatable bonds is 6. The van der Waals surface area contributed by atoms with Crippen molar-refractivity contribution in [1.82, 2.24) is 0 Å². The number of ether oxygens (including phenoxy) is 3. The van der Waals surface area contributed by atoms with E-state index in [0.29, 0.717) is 23.7 Å². The highest BCUT2D eigenvalue weighted by Crippen LogP contribution is 2.39. The third kappa shape index (κ3) is 4.40. The molecule has 166 valence electrons. The van der Waals surface area contributed by atoms with Crippen LogP contribution < -0.4 is 9.47 Å². The molecule has 1 heterocycles. The summed E-state index contributed by atoms with van der Waals surface area (Å²) in [6.45, 7) is 4.30. The zero-order valence-electron chi connectivity index (χ0n) is 18.3. The van der Waals surface area contributed by atoms with Crippen molar-refractivity contribution in [3.63, 3.8) is 0 Å². The van der Waals surface area contributed by atoms with E-state index in [2.05, 4.69) is 0 Å². The van der Waals surface area contributed by atoms with Gasteiger partial charge in [0.1, 0.15) is 29.7 Å². The van der Waals surface area contributed by atoms with Gasteiger partial charge >= 0.3 is 5.97 Å². The molecular weight excluding hydrogens is 411 g/mol. The van der Waals surface area contributed by atoms with Gasteiger partial charge in [0.15, 0.2) is 0 Å². The van der Waals surface area contributed by atoms with Gasteiger partial charge in [0.05, 0.1) is 20.1 Å². The highest BCUT2D eigenvalue weighted by atomic mass is 19.1. The number of hydrogen-bond donors (Lipinski definition) is 1. The molecule has 0 aliphatic carbocycles. The number of carbonyl (C=O) groups is 1. The van der Waals surface area contributed by atoms with E-state index in [0.717, 1.165) is 27.8 Å². The van der Waals surface area contributed by atoms with Crippen molar-refractivity contribution in [2.75, 3.05) is 13.7 Å². The predicted octanol–water partition coefficient (Wildman–Crippen LogP) is 5.43. The molecule has 3 aromatic carbocycles. The second-order valence-corrected chi connectivity index (χ2v) is 8.04. The highest BCUT2D eigenvalue weighted by Gasteiger charge is 2.27. The molecule has 0 spiro atoms. The fourth-order valence-corrected chi connectivity index (χ4v) is 4.20. The summed E-state index contributed by atoms with van der Waals surface area (Å²) in [5.41, 5.74) is 5.03. The van der Waals surface area contributed by atoms with Gasteiger partial charge in [-0.1, -0.05) is 12.1 Å². The number of carbonyl (C=O) groups excluding carboxylic acids is 1. The molecule has 0 amide bonds. The van der Waals surface area contributed by atoms with Crippen LogP contribution in [-0.4, -0.2) is 24.8 Å². The summed E-state index contributed by atoms with van der Waals surface area (Å²) in [4.78, 5) is 11.6. The minimum Gasteiger partial charge on any atom is -0.508 e. The van der Waals surface area contributed by atoms with Crippen LogP contribution in [0.15, 0.2) is 48.5 Å². The molecule has 1 atom stereocenters. The fourth-order valence-electron chi connectivity index (χ4n) is 4.20. The maximum absolute atomic E-state index is 14.5. The monoisotopic (exact) mass is 436 g/mol. The van der Waals surface area contributed by atoms with E-state index in [1.54, 1.807) is 36.4 Å². The van der Waals surface area contributed by atoms with Gasteiger partial charge in [0.2, 0.25) is 0 Å². The van der Waals surface area contributed by atoms with Crippen molar-refractivity contribution in [2.24, 2.45) is 0 Å². The SMILES string of the molecule is COC(=O)CC1COc2cc(OCc3cc(-c4c(C)cc(O)cc4C)ccc3F)ccc21. The van der Waals surface area contributed by atoms with Gasteiger partial charge in [0.25, 0.3) is 0 Å². The third-order valence-electron chi connectivity index (χ3n) is 5.75. The van der Waals surface area contributed by atoms with Crippen molar-refractivity contribution < 1.29 is 28.5 Å². The first kappa shape index (κ1) is 21.7. The van der Waals surface area contributed by atoms with Gasteiger partial charge in [0, 0.05) is 23.1 Å². The lowest BCUT2D eigenvalue weighted by atomic mass is 9.94. The Kier molecular flexibility index (Phi) is 6.04. The maximum Gasteiger partial charge on any atom is 0.306 e. The molecule has 1 aliphatic heterocycles. The number of methoxy groups -OCH3 is 1. The second-order valence-electron chi connectivity index (χ2n) is 8.04. The molecule has 32 heavy (non-hydrogen) atoms. The maximum atomic E-state index is 14.5. The van der Waals surface area contributed by atoms with E-state index >= 15 is 0 Å². The van der Waals surface area contributed by atoms with Crippen LogP contribution in [0.5, 0.6) is 17.2 Å². The number of benzene rings is 3. The molecule has 4 rings (SSSR count). The van der Waals surface area contributed by atoms with Crippen molar-refractivity contribution in [2.45, 2.75) is 32.8 Å². The zero-order chi connectivity index (χ0) is 22.8. The first-order valence-electron chi connectivity index (χ1n) is 10.4. The van der Waals surface area contributed by atoms with E-state index in [9.17, 15) is 14.3 Å². The largest absolute Gasteiger partial charge is 0.508 e. The van der Waals surface area contributed by atoms with Crippen LogP contribution in [-0.2, 0) is 16.1 Å². The average Bonchev–Trinajstić information content (AvgIpc) is 3.15. The molecule has 0 bridgehead atoms. The Bertz CT molecular complexity index is 1150. The van der Waals surface area contributed by atoms with Crippen LogP contribution in [0.1, 0.15) is 34.6 Å². The number of aryl methyl sites for hydroxylation is 2. The van der Waals surface area contributed by atoms with E-state index in [1.807, 2.05) is 19.9 Å². The molecule has 1 N–H and O–H groups in total. The number of phenolic OH excluding ortho intramolecular Hbond substituents is 1. The van der Waals surface area contributed by atoms with E-state index < -0.39 is 0 Å². The van der Waals surface area contributed by atoms with Crippen LogP contribution in [0, 0.1) is 19.7 Å². The topological polar surface area (TPSA) is 65.0 Å². The van der Waals surface area contributed by atoms with Gasteiger partial charge in [-0.15, -0.1) is 0 Å². The normalized spacial score (nSPS) is 14.6. The summed E-state index contributed by atoms with van der Waals surface area (Å²) in [6, 6.07) is 13.8. The fraction of sp³-hybridized carbons (Fsp3) is 0.269. The summed E-state index contributed by atoms with van der Waals surface area (Å²) in [5, 5.41) is 9.80. The number of halogens is 1. The van der Waals surface area contributed by atoms with Gasteiger partial charge < -0.3 is 19.3 Å². The Hall–Kier alpha value is -3.54. The minimum absolute atomic E-state index is 0.0441. The van der Waals surface area contributed by atoms with Crippen molar-refractivity contribution in [3.8, 4) is 28.4 Å². The first-order chi connectivity index (χ1) is 15.4. The van der Waals surface area contributed by atoms with Crippen LogP contribution in [0.4, 0.5) is 4.39 Å². The Balaban J connectivity index is 1.52. The molecule has 6 heteroatoms. The molecule has 0 saturated heterocycles. The summed E-state index contributed by atoms with van der Waals surface area (Å²) in [7, 11) is 1.37. The van der Waals surface area contributed by atoms with E-state index in [-0.39, 0.29) is 36.5 Å². The standard InChI is InChI=1S/C26H25FO5/c1-15-8-20(28)9-16(2)26(15)17-4-7-23(27)19(10-17)14-31-21-5-6-22-18(11-25(29)30-3)13-32-24(22)12-21/h4-10,12,18,28H,11,13-14H2,1-3H3. The van der Waals surface area contributed by atoms with Crippen LogP contribution in [0.2, 0.25) is 0 Å². The molecule has 5 nitrogen and oxygen atoms in total. The average molecular weight is 436 g/mol. The Labute approximate surface area is 186 Å². The second kappa shape index (κ2) is 8.91. The lowest BCUT2D eigenvalue weighted by molar-refractivity contribution is -0.141. The number of fused-ring (bicyclic) bond motifs is 1. The summed E-state index contributed by atoms with van der Waals surface area (Å²) in [5.74, 6) is 0.768. The van der Waals surface area contributed by atoms with Crippen LogP contribution in [0.3, 0.4) is 0 Å². The molecule has 0 aromatic heterocycles. The number of aromatic hydroxyl groups is 1. The third-order valence-corrected chi connectivity index (χ3v) is 5.75. The van der Waals surface area contributed by atoms with E-state index in [4.69, 9.17) is 14.2 Å². The van der Waals surface area contributed by atoms with Gasteiger partial charge in [-0.05, 0) is 66.4 Å². The molecule has 0 fully saturated rings.